The first-order chi connectivity index (χ1) is 11.5. The fraction of sp³-hybridized carbons (Fsp3) is 0.438. The minimum atomic E-state index is -0.531. The molecule has 3 amide bonds. The summed E-state index contributed by atoms with van der Waals surface area (Å²) in [6.45, 7) is 0.507. The molecule has 3 N–H and O–H groups in total. The molecule has 2 rings (SSSR count). The molecule has 8 heteroatoms. The summed E-state index contributed by atoms with van der Waals surface area (Å²) in [7, 11) is 0. The highest BCUT2D eigenvalue weighted by molar-refractivity contribution is 6.32. The largest absolute Gasteiger partial charge is 0.482 e. The Morgan fingerprint density at radius 1 is 1.33 bits per heavy atom. The van der Waals surface area contributed by atoms with Crippen molar-refractivity contribution in [2.24, 2.45) is 5.73 Å². The Hall–Kier alpha value is -2.28. The van der Waals surface area contributed by atoms with Crippen molar-refractivity contribution in [1.82, 2.24) is 10.2 Å². The lowest BCUT2D eigenvalue weighted by Crippen LogP contribution is -2.44. The maximum atomic E-state index is 12.1. The van der Waals surface area contributed by atoms with Crippen LogP contribution in [0, 0.1) is 0 Å². The second kappa shape index (κ2) is 8.54. The monoisotopic (exact) mass is 353 g/mol. The molecule has 1 aliphatic rings. The van der Waals surface area contributed by atoms with Gasteiger partial charge in [0.25, 0.3) is 5.91 Å². The van der Waals surface area contributed by atoms with E-state index in [0.29, 0.717) is 23.7 Å². The number of nitrogens with one attached hydrogen (secondary N) is 1. The molecule has 130 valence electrons. The fourth-order valence-electron chi connectivity index (χ4n) is 2.57. The number of halogens is 1. The molecule has 1 aromatic rings. The van der Waals surface area contributed by atoms with Gasteiger partial charge in [-0.1, -0.05) is 23.7 Å². The predicted molar refractivity (Wildman–Crippen MR) is 88.5 cm³/mol. The normalized spacial score (nSPS) is 16.7. The number of nitrogens with zero attached hydrogens (tertiary/aromatic N) is 1. The van der Waals surface area contributed by atoms with Crippen molar-refractivity contribution in [3.8, 4) is 5.75 Å². The lowest BCUT2D eigenvalue weighted by Gasteiger charge is -2.22. The van der Waals surface area contributed by atoms with Gasteiger partial charge in [-0.15, -0.1) is 0 Å². The summed E-state index contributed by atoms with van der Waals surface area (Å²) < 4.78 is 5.30. The number of hydrogen-bond donors (Lipinski definition) is 2. The molecule has 0 aromatic heterocycles. The first-order valence-corrected chi connectivity index (χ1v) is 8.09. The molecule has 7 nitrogen and oxygen atoms in total. The molecule has 24 heavy (non-hydrogen) atoms. The van der Waals surface area contributed by atoms with E-state index < -0.39 is 11.9 Å². The predicted octanol–water partition coefficient (Wildman–Crippen LogP) is 0.701. The van der Waals surface area contributed by atoms with Gasteiger partial charge in [-0.2, -0.15) is 0 Å². The van der Waals surface area contributed by atoms with E-state index in [4.69, 9.17) is 22.1 Å². The van der Waals surface area contributed by atoms with Crippen LogP contribution in [0.25, 0.3) is 0 Å². The van der Waals surface area contributed by atoms with Gasteiger partial charge in [-0.3, -0.25) is 14.4 Å². The fourth-order valence-corrected chi connectivity index (χ4v) is 2.76. The molecule has 1 fully saturated rings. The minimum absolute atomic E-state index is 0.113. The van der Waals surface area contributed by atoms with Crippen LogP contribution in [-0.4, -0.2) is 48.4 Å². The summed E-state index contributed by atoms with van der Waals surface area (Å²) in [5, 5.41) is 3.02. The third-order valence-corrected chi connectivity index (χ3v) is 4.07. The SMILES string of the molecule is NC(=O)C1CCCN1C(=O)CCNC(=O)COc1ccccc1Cl. The number of rotatable bonds is 7. The number of amides is 3. The Labute approximate surface area is 145 Å². The van der Waals surface area contributed by atoms with Crippen molar-refractivity contribution in [2.45, 2.75) is 25.3 Å². The van der Waals surface area contributed by atoms with Crippen LogP contribution in [0.3, 0.4) is 0 Å². The van der Waals surface area contributed by atoms with Gasteiger partial charge in [0.15, 0.2) is 6.61 Å². The maximum absolute atomic E-state index is 12.1. The third kappa shape index (κ3) is 4.86. The van der Waals surface area contributed by atoms with Gasteiger partial charge in [-0.25, -0.2) is 0 Å². The summed E-state index contributed by atoms with van der Waals surface area (Å²) in [4.78, 5) is 36.6. The average molecular weight is 354 g/mol. The van der Waals surface area contributed by atoms with Crippen molar-refractivity contribution in [2.75, 3.05) is 19.7 Å². The summed E-state index contributed by atoms with van der Waals surface area (Å²) in [5.74, 6) is -0.607. The van der Waals surface area contributed by atoms with E-state index in [1.807, 2.05) is 0 Å². The highest BCUT2D eigenvalue weighted by atomic mass is 35.5. The van der Waals surface area contributed by atoms with Crippen molar-refractivity contribution in [3.63, 3.8) is 0 Å². The molecule has 0 spiro atoms. The molecule has 1 saturated heterocycles. The van der Waals surface area contributed by atoms with E-state index in [-0.39, 0.29) is 31.4 Å². The Balaban J connectivity index is 1.70. The Bertz CT molecular complexity index is 623. The number of primary amides is 1. The lowest BCUT2D eigenvalue weighted by molar-refractivity contribution is -0.137. The topological polar surface area (TPSA) is 102 Å². The molecule has 0 saturated carbocycles. The van der Waals surface area contributed by atoms with E-state index in [1.54, 1.807) is 24.3 Å². The Morgan fingerprint density at radius 3 is 2.79 bits per heavy atom. The molecule has 1 aromatic carbocycles. The van der Waals surface area contributed by atoms with Gasteiger partial charge < -0.3 is 20.7 Å². The zero-order valence-corrected chi connectivity index (χ0v) is 13.9. The molecule has 0 bridgehead atoms. The molecule has 0 aliphatic carbocycles. The van der Waals surface area contributed by atoms with Crippen molar-refractivity contribution < 1.29 is 19.1 Å². The second-order valence-electron chi connectivity index (χ2n) is 5.47. The molecule has 1 unspecified atom stereocenters. The summed E-state index contributed by atoms with van der Waals surface area (Å²) in [6.07, 6.45) is 1.47. The van der Waals surface area contributed by atoms with Crippen LogP contribution in [0.15, 0.2) is 24.3 Å². The van der Waals surface area contributed by atoms with Gasteiger partial charge in [0.05, 0.1) is 5.02 Å². The maximum Gasteiger partial charge on any atom is 0.257 e. The van der Waals surface area contributed by atoms with Crippen LogP contribution < -0.4 is 15.8 Å². The molecule has 1 aliphatic heterocycles. The second-order valence-corrected chi connectivity index (χ2v) is 5.87. The summed E-state index contributed by atoms with van der Waals surface area (Å²) in [6, 6.07) is 6.31. The number of hydrogen-bond acceptors (Lipinski definition) is 4. The highest BCUT2D eigenvalue weighted by Gasteiger charge is 2.32. The van der Waals surface area contributed by atoms with Crippen LogP contribution in [-0.2, 0) is 14.4 Å². The van der Waals surface area contributed by atoms with Crippen LogP contribution in [0.5, 0.6) is 5.75 Å². The smallest absolute Gasteiger partial charge is 0.257 e. The first-order valence-electron chi connectivity index (χ1n) is 7.72. The van der Waals surface area contributed by atoms with Crippen molar-refractivity contribution >= 4 is 29.3 Å². The number of nitrogens with two attached hydrogens (primary N) is 1. The Kier molecular flexibility index (Phi) is 6.43. The zero-order chi connectivity index (χ0) is 17.5. The van der Waals surface area contributed by atoms with Crippen LogP contribution in [0.1, 0.15) is 19.3 Å². The van der Waals surface area contributed by atoms with Gasteiger partial charge in [0.1, 0.15) is 11.8 Å². The number of likely N-dealkylation sites (tertiary alicyclic amines) is 1. The summed E-state index contributed by atoms with van der Waals surface area (Å²) in [5.41, 5.74) is 5.28. The quantitative estimate of drug-likeness (QED) is 0.753. The van der Waals surface area contributed by atoms with E-state index in [0.717, 1.165) is 6.42 Å². The molecule has 1 heterocycles. The standard InChI is InChI=1S/C16H20ClN3O4/c17-11-4-1-2-6-13(11)24-10-14(21)19-8-7-15(22)20-9-3-5-12(20)16(18)23/h1-2,4,6,12H,3,5,7-10H2,(H2,18,23)(H,19,21). The van der Waals surface area contributed by atoms with Crippen LogP contribution in [0.4, 0.5) is 0 Å². The van der Waals surface area contributed by atoms with Gasteiger partial charge >= 0.3 is 0 Å². The van der Waals surface area contributed by atoms with Crippen LogP contribution in [0.2, 0.25) is 5.02 Å². The zero-order valence-electron chi connectivity index (χ0n) is 13.2. The number of benzene rings is 1. The molecular weight excluding hydrogens is 334 g/mol. The Morgan fingerprint density at radius 2 is 2.08 bits per heavy atom. The highest BCUT2D eigenvalue weighted by Crippen LogP contribution is 2.22. The third-order valence-electron chi connectivity index (χ3n) is 3.76. The van der Waals surface area contributed by atoms with E-state index in [9.17, 15) is 14.4 Å². The minimum Gasteiger partial charge on any atom is -0.482 e. The van der Waals surface area contributed by atoms with Gasteiger partial charge in [0.2, 0.25) is 11.8 Å². The molecule has 0 radical (unpaired) electrons. The van der Waals surface area contributed by atoms with Crippen molar-refractivity contribution in [1.29, 1.82) is 0 Å². The van der Waals surface area contributed by atoms with E-state index >= 15 is 0 Å². The molecule has 1 atom stereocenters. The number of para-hydroxylation sites is 1. The van der Waals surface area contributed by atoms with E-state index in [1.165, 1.54) is 4.90 Å². The first kappa shape index (κ1) is 18.1. The number of carbonyl (C=O) groups excluding carboxylic acids is 3. The lowest BCUT2D eigenvalue weighted by atomic mass is 10.2. The van der Waals surface area contributed by atoms with E-state index in [2.05, 4.69) is 5.32 Å². The number of ether oxygens (including phenoxy) is 1. The van der Waals surface area contributed by atoms with Crippen LogP contribution >= 0.6 is 11.6 Å². The van der Waals surface area contributed by atoms with Gasteiger partial charge in [-0.05, 0) is 25.0 Å². The molecular formula is C16H20ClN3O4. The van der Waals surface area contributed by atoms with Gasteiger partial charge in [0, 0.05) is 19.5 Å². The number of carbonyl (C=O) groups is 3. The summed E-state index contributed by atoms with van der Waals surface area (Å²) >= 11 is 5.92. The average Bonchev–Trinajstić information content (AvgIpc) is 3.04. The van der Waals surface area contributed by atoms with Crippen molar-refractivity contribution in [3.05, 3.63) is 29.3 Å².